The van der Waals surface area contributed by atoms with Gasteiger partial charge in [0.15, 0.2) is 11.6 Å². The topological polar surface area (TPSA) is 41.5 Å². The second-order valence-corrected chi connectivity index (χ2v) is 4.65. The van der Waals surface area contributed by atoms with E-state index in [1.165, 1.54) is 6.07 Å². The molecule has 0 atom stereocenters. The fraction of sp³-hybridized carbons (Fsp3) is 0.538. The van der Waals surface area contributed by atoms with Crippen LogP contribution in [-0.4, -0.2) is 23.9 Å². The van der Waals surface area contributed by atoms with Crippen LogP contribution in [0.5, 0.6) is 5.75 Å². The summed E-state index contributed by atoms with van der Waals surface area (Å²) in [5.74, 6) is -0.225. The van der Waals surface area contributed by atoms with Crippen molar-refractivity contribution in [2.45, 2.75) is 32.9 Å². The largest absolute Gasteiger partial charge is 0.488 e. The van der Waals surface area contributed by atoms with Crippen LogP contribution in [0.25, 0.3) is 0 Å². The van der Waals surface area contributed by atoms with E-state index >= 15 is 0 Å². The zero-order chi connectivity index (χ0) is 12.9. The van der Waals surface area contributed by atoms with Crippen molar-refractivity contribution in [3.05, 3.63) is 29.6 Å². The molecule has 1 rings (SSSR count). The highest BCUT2D eigenvalue weighted by Gasteiger charge is 2.14. The summed E-state index contributed by atoms with van der Waals surface area (Å²) in [6.45, 7) is 6.78. The summed E-state index contributed by atoms with van der Waals surface area (Å²) < 4.78 is 18.8. The predicted molar refractivity (Wildman–Crippen MR) is 65.6 cm³/mol. The molecule has 96 valence electrons. The molecule has 0 radical (unpaired) electrons. The highest BCUT2D eigenvalue weighted by Crippen LogP contribution is 2.19. The first-order valence-electron chi connectivity index (χ1n) is 5.76. The van der Waals surface area contributed by atoms with Crippen molar-refractivity contribution in [1.29, 1.82) is 0 Å². The summed E-state index contributed by atoms with van der Waals surface area (Å²) in [5, 5.41) is 12.6. The molecule has 0 aromatic heterocycles. The molecule has 3 nitrogen and oxygen atoms in total. The molecule has 0 saturated carbocycles. The normalized spacial score (nSPS) is 11.6. The molecule has 4 heteroatoms. The standard InChI is InChI=1S/C13H20FNO2/c1-4-15-8-10-5-6-12(11(14)7-10)17-9-13(2,3)16/h5-7,15-16H,4,8-9H2,1-3H3. The minimum Gasteiger partial charge on any atom is -0.488 e. The van der Waals surface area contributed by atoms with Crippen molar-refractivity contribution in [3.63, 3.8) is 0 Å². The fourth-order valence-electron chi connectivity index (χ4n) is 1.30. The lowest BCUT2D eigenvalue weighted by Crippen LogP contribution is -2.28. The zero-order valence-electron chi connectivity index (χ0n) is 10.6. The molecule has 0 unspecified atom stereocenters. The molecule has 1 aromatic carbocycles. The van der Waals surface area contributed by atoms with Gasteiger partial charge in [-0.3, -0.25) is 0 Å². The number of halogens is 1. The van der Waals surface area contributed by atoms with Gasteiger partial charge in [-0.1, -0.05) is 13.0 Å². The number of hydrogen-bond donors (Lipinski definition) is 2. The Morgan fingerprint density at radius 2 is 2.12 bits per heavy atom. The zero-order valence-corrected chi connectivity index (χ0v) is 10.6. The van der Waals surface area contributed by atoms with Gasteiger partial charge in [0, 0.05) is 6.54 Å². The molecule has 0 aliphatic heterocycles. The molecule has 17 heavy (non-hydrogen) atoms. The van der Waals surface area contributed by atoms with E-state index in [0.717, 1.165) is 12.1 Å². The summed E-state index contributed by atoms with van der Waals surface area (Å²) >= 11 is 0. The van der Waals surface area contributed by atoms with Gasteiger partial charge < -0.3 is 15.2 Å². The van der Waals surface area contributed by atoms with E-state index in [0.29, 0.717) is 6.54 Å². The quantitative estimate of drug-likeness (QED) is 0.801. The third-order valence-corrected chi connectivity index (χ3v) is 2.16. The molecular formula is C13H20FNO2. The number of aliphatic hydroxyl groups is 1. The van der Waals surface area contributed by atoms with Crippen LogP contribution in [-0.2, 0) is 6.54 Å². The van der Waals surface area contributed by atoms with Gasteiger partial charge in [0.25, 0.3) is 0 Å². The average molecular weight is 241 g/mol. The number of nitrogens with one attached hydrogen (secondary N) is 1. The third kappa shape index (κ3) is 5.15. The lowest BCUT2D eigenvalue weighted by atomic mass is 10.1. The Kier molecular flexibility index (Phi) is 4.90. The van der Waals surface area contributed by atoms with E-state index < -0.39 is 11.4 Å². The van der Waals surface area contributed by atoms with Gasteiger partial charge in [0.05, 0.1) is 5.60 Å². The maximum atomic E-state index is 13.6. The molecule has 0 bridgehead atoms. The monoisotopic (exact) mass is 241 g/mol. The highest BCUT2D eigenvalue weighted by molar-refractivity contribution is 5.29. The Labute approximate surface area is 102 Å². The predicted octanol–water partition coefficient (Wildman–Crippen LogP) is 2.08. The van der Waals surface area contributed by atoms with Crippen molar-refractivity contribution in [2.24, 2.45) is 0 Å². The van der Waals surface area contributed by atoms with E-state index in [9.17, 15) is 9.50 Å². The minimum atomic E-state index is -0.963. The summed E-state index contributed by atoms with van der Waals surface area (Å²) in [7, 11) is 0. The van der Waals surface area contributed by atoms with Crippen LogP contribution in [0.3, 0.4) is 0 Å². The Bertz CT molecular complexity index is 361. The highest BCUT2D eigenvalue weighted by atomic mass is 19.1. The van der Waals surface area contributed by atoms with Crippen molar-refractivity contribution in [2.75, 3.05) is 13.2 Å². The molecule has 0 aliphatic carbocycles. The van der Waals surface area contributed by atoms with Gasteiger partial charge in [-0.25, -0.2) is 4.39 Å². The summed E-state index contributed by atoms with van der Waals surface area (Å²) in [6, 6.07) is 4.85. The van der Waals surface area contributed by atoms with E-state index in [2.05, 4.69) is 5.32 Å². The van der Waals surface area contributed by atoms with Crippen molar-refractivity contribution in [1.82, 2.24) is 5.32 Å². The Morgan fingerprint density at radius 1 is 1.41 bits per heavy atom. The van der Waals surface area contributed by atoms with E-state index in [-0.39, 0.29) is 12.4 Å². The molecule has 1 aromatic rings. The first kappa shape index (κ1) is 13.9. The van der Waals surface area contributed by atoms with E-state index in [4.69, 9.17) is 4.74 Å². The van der Waals surface area contributed by atoms with Crippen LogP contribution in [0.2, 0.25) is 0 Å². The van der Waals surface area contributed by atoms with Crippen LogP contribution < -0.4 is 10.1 Å². The first-order valence-corrected chi connectivity index (χ1v) is 5.76. The molecule has 0 amide bonds. The number of benzene rings is 1. The third-order valence-electron chi connectivity index (χ3n) is 2.16. The Hall–Kier alpha value is -1.13. The summed E-state index contributed by atoms with van der Waals surface area (Å²) in [4.78, 5) is 0. The molecular weight excluding hydrogens is 221 g/mol. The molecule has 0 saturated heterocycles. The van der Waals surface area contributed by atoms with Gasteiger partial charge in [-0.05, 0) is 38.1 Å². The van der Waals surface area contributed by atoms with Crippen LogP contribution in [0.1, 0.15) is 26.3 Å². The van der Waals surface area contributed by atoms with Gasteiger partial charge in [-0.2, -0.15) is 0 Å². The minimum absolute atomic E-state index is 0.0659. The van der Waals surface area contributed by atoms with Crippen LogP contribution in [0, 0.1) is 5.82 Å². The molecule has 0 fully saturated rings. The Morgan fingerprint density at radius 3 is 2.65 bits per heavy atom. The second-order valence-electron chi connectivity index (χ2n) is 4.65. The van der Waals surface area contributed by atoms with Crippen LogP contribution >= 0.6 is 0 Å². The number of ether oxygens (including phenoxy) is 1. The summed E-state index contributed by atoms with van der Waals surface area (Å²) in [5.41, 5.74) is -0.0885. The second kappa shape index (κ2) is 5.98. The maximum absolute atomic E-state index is 13.6. The molecule has 0 spiro atoms. The number of rotatable bonds is 6. The Balaban J connectivity index is 2.63. The lowest BCUT2D eigenvalue weighted by molar-refractivity contribution is 0.0271. The van der Waals surface area contributed by atoms with Gasteiger partial charge in [-0.15, -0.1) is 0 Å². The van der Waals surface area contributed by atoms with Gasteiger partial charge in [0.2, 0.25) is 0 Å². The van der Waals surface area contributed by atoms with Gasteiger partial charge in [0.1, 0.15) is 6.61 Å². The van der Waals surface area contributed by atoms with Crippen LogP contribution in [0.15, 0.2) is 18.2 Å². The molecule has 0 heterocycles. The van der Waals surface area contributed by atoms with Crippen molar-refractivity contribution < 1.29 is 14.2 Å². The van der Waals surface area contributed by atoms with E-state index in [1.54, 1.807) is 19.9 Å². The lowest BCUT2D eigenvalue weighted by Gasteiger charge is -2.18. The van der Waals surface area contributed by atoms with E-state index in [1.807, 2.05) is 13.0 Å². The average Bonchev–Trinajstić information content (AvgIpc) is 2.23. The van der Waals surface area contributed by atoms with Crippen molar-refractivity contribution >= 4 is 0 Å². The smallest absolute Gasteiger partial charge is 0.165 e. The molecule has 2 N–H and O–H groups in total. The van der Waals surface area contributed by atoms with Gasteiger partial charge >= 0.3 is 0 Å². The summed E-state index contributed by atoms with van der Waals surface area (Å²) in [6.07, 6.45) is 0. The fourth-order valence-corrected chi connectivity index (χ4v) is 1.30. The maximum Gasteiger partial charge on any atom is 0.165 e. The SMILES string of the molecule is CCNCc1ccc(OCC(C)(C)O)c(F)c1. The first-order chi connectivity index (χ1) is 7.92. The number of hydrogen-bond acceptors (Lipinski definition) is 3. The van der Waals surface area contributed by atoms with Crippen molar-refractivity contribution in [3.8, 4) is 5.75 Å². The van der Waals surface area contributed by atoms with Crippen LogP contribution in [0.4, 0.5) is 4.39 Å². The molecule has 0 aliphatic rings.